The maximum atomic E-state index is 12.9. The number of aryl methyl sites for hydroxylation is 1. The number of thiol groups is 1. The molecule has 0 saturated heterocycles. The van der Waals surface area contributed by atoms with E-state index in [0.29, 0.717) is 0 Å². The van der Waals surface area contributed by atoms with Crippen molar-refractivity contribution in [2.24, 2.45) is 0 Å². The lowest BCUT2D eigenvalue weighted by Gasteiger charge is -2.24. The summed E-state index contributed by atoms with van der Waals surface area (Å²) in [5, 5.41) is 0. The van der Waals surface area contributed by atoms with Gasteiger partial charge < -0.3 is 0 Å². The van der Waals surface area contributed by atoms with Gasteiger partial charge in [-0.3, -0.25) is 4.79 Å². The molecule has 5 aromatic carbocycles. The maximum absolute atomic E-state index is 12.9. The Bertz CT molecular complexity index is 1390. The minimum Gasteiger partial charge on any atom is -0.289 e. The lowest BCUT2D eigenvalue weighted by molar-refractivity contribution is 0.103. The number of carbonyl (C=O) groups excluding carboxylic acids is 1. The van der Waals surface area contributed by atoms with E-state index in [9.17, 15) is 4.79 Å². The first-order chi connectivity index (χ1) is 17.2. The molecule has 172 valence electrons. The molecule has 1 atom stereocenters. The predicted octanol–water partition coefficient (Wildman–Crippen LogP) is 8.30. The van der Waals surface area contributed by atoms with E-state index in [-0.39, 0.29) is 5.78 Å². The summed E-state index contributed by atoms with van der Waals surface area (Å²) in [4.78, 5) is 16.8. The van der Waals surface area contributed by atoms with E-state index in [2.05, 4.69) is 97.9 Å². The quantitative estimate of drug-likeness (QED) is 0.186. The third-order valence-electron chi connectivity index (χ3n) is 6.16. The zero-order valence-electron chi connectivity index (χ0n) is 19.8. The Kier molecular flexibility index (Phi) is 6.92. The largest absolute Gasteiger partial charge is 0.289 e. The molecule has 0 aliphatic heterocycles. The number of rotatable bonds is 7. The highest BCUT2D eigenvalue weighted by Gasteiger charge is 2.15. The highest BCUT2D eigenvalue weighted by atomic mass is 32.2. The van der Waals surface area contributed by atoms with E-state index in [1.165, 1.54) is 31.4 Å². The van der Waals surface area contributed by atoms with E-state index in [0.717, 1.165) is 17.5 Å². The number of benzene rings is 5. The third-order valence-corrected chi connectivity index (χ3v) is 8.61. The van der Waals surface area contributed by atoms with Crippen LogP contribution in [0.25, 0.3) is 0 Å². The van der Waals surface area contributed by atoms with Gasteiger partial charge in [0.15, 0.2) is 5.78 Å². The molecule has 1 unspecified atom stereocenters. The van der Waals surface area contributed by atoms with Gasteiger partial charge in [-0.15, -0.1) is 0 Å². The highest BCUT2D eigenvalue weighted by Crippen LogP contribution is 2.51. The molecule has 0 radical (unpaired) electrons. The summed E-state index contributed by atoms with van der Waals surface area (Å²) in [5.74, 6) is 0.0575. The Morgan fingerprint density at radius 3 is 1.51 bits per heavy atom. The van der Waals surface area contributed by atoms with Crippen molar-refractivity contribution in [3.05, 3.63) is 161 Å². The highest BCUT2D eigenvalue weighted by molar-refractivity contribution is 8.17. The van der Waals surface area contributed by atoms with Crippen molar-refractivity contribution >= 4 is 16.7 Å². The van der Waals surface area contributed by atoms with Crippen molar-refractivity contribution in [2.75, 3.05) is 0 Å². The summed E-state index contributed by atoms with van der Waals surface area (Å²) in [7, 11) is -0.727. The summed E-state index contributed by atoms with van der Waals surface area (Å²) in [6, 6.07) is 46.1. The Morgan fingerprint density at radius 1 is 0.514 bits per heavy atom. The molecule has 0 N–H and O–H groups in total. The molecule has 5 aromatic rings. The molecule has 0 aliphatic rings. The normalized spacial score (nSPS) is 12.2. The molecule has 0 aliphatic carbocycles. The van der Waals surface area contributed by atoms with Crippen LogP contribution in [-0.4, -0.2) is 5.78 Å². The molecule has 0 amide bonds. The van der Waals surface area contributed by atoms with Gasteiger partial charge in [0.2, 0.25) is 0 Å². The molecule has 0 aromatic heterocycles. The van der Waals surface area contributed by atoms with Gasteiger partial charge in [-0.1, -0.05) is 90.5 Å². The van der Waals surface area contributed by atoms with Crippen LogP contribution in [0.2, 0.25) is 0 Å². The topological polar surface area (TPSA) is 17.1 Å². The molecule has 0 spiro atoms. The van der Waals surface area contributed by atoms with Gasteiger partial charge in [0.05, 0.1) is 0 Å². The molecule has 5 rings (SSSR count). The molecule has 0 fully saturated rings. The number of hydrogen-bond acceptors (Lipinski definition) is 1. The van der Waals surface area contributed by atoms with E-state index < -0.39 is 10.9 Å². The molecule has 1 nitrogen and oxygen atoms in total. The Labute approximate surface area is 210 Å². The Morgan fingerprint density at radius 2 is 0.943 bits per heavy atom. The van der Waals surface area contributed by atoms with Crippen molar-refractivity contribution in [1.29, 1.82) is 0 Å². The minimum absolute atomic E-state index is 0.0575. The van der Waals surface area contributed by atoms with E-state index in [4.69, 9.17) is 0 Å². The van der Waals surface area contributed by atoms with Crippen LogP contribution in [0.3, 0.4) is 0 Å². The van der Waals surface area contributed by atoms with Gasteiger partial charge in [-0.25, -0.2) is 0 Å². The van der Waals surface area contributed by atoms with Crippen molar-refractivity contribution < 1.29 is 4.79 Å². The first kappa shape index (κ1) is 22.9. The second kappa shape index (κ2) is 10.6. The van der Waals surface area contributed by atoms with Gasteiger partial charge in [0, 0.05) is 11.1 Å². The van der Waals surface area contributed by atoms with Gasteiger partial charge in [0.25, 0.3) is 0 Å². The fourth-order valence-corrected chi connectivity index (χ4v) is 6.49. The van der Waals surface area contributed by atoms with Crippen LogP contribution in [-0.2, 0) is 6.42 Å². The summed E-state index contributed by atoms with van der Waals surface area (Å²) in [6.07, 6.45) is 0.930. The standard InChI is InChI=1S/C33H28OS/c1-25-12-18-30(19-13-25)35(31-20-14-27(15-21-31)24-26-8-4-2-5-9-26)32-22-16-29(17-23-32)33(34)28-10-6-3-7-11-28/h2-23,35H,24H2,1H3. The van der Waals surface area contributed by atoms with Crippen molar-refractivity contribution in [3.8, 4) is 0 Å². The fourth-order valence-electron chi connectivity index (χ4n) is 4.25. The zero-order valence-corrected chi connectivity index (χ0v) is 20.7. The summed E-state index contributed by atoms with van der Waals surface area (Å²) >= 11 is 0. The van der Waals surface area contributed by atoms with Crippen LogP contribution in [0.1, 0.15) is 32.6 Å². The molecule has 0 bridgehead atoms. The average Bonchev–Trinajstić information content (AvgIpc) is 2.92. The predicted molar refractivity (Wildman–Crippen MR) is 147 cm³/mol. The van der Waals surface area contributed by atoms with Crippen LogP contribution in [0.5, 0.6) is 0 Å². The number of ketones is 1. The third kappa shape index (κ3) is 5.45. The molecule has 0 heterocycles. The van der Waals surface area contributed by atoms with Crippen LogP contribution >= 0.6 is 10.9 Å². The SMILES string of the molecule is Cc1ccc([SH](c2ccc(Cc3ccccc3)cc2)c2ccc(C(=O)c3ccccc3)cc2)cc1. The molecule has 0 saturated carbocycles. The van der Waals surface area contributed by atoms with Crippen LogP contribution in [0.4, 0.5) is 0 Å². The summed E-state index contributed by atoms with van der Waals surface area (Å²) in [5.41, 5.74) is 5.32. The maximum Gasteiger partial charge on any atom is 0.193 e. The summed E-state index contributed by atoms with van der Waals surface area (Å²) in [6.45, 7) is 2.12. The van der Waals surface area contributed by atoms with E-state index >= 15 is 0 Å². The molecular weight excluding hydrogens is 444 g/mol. The van der Waals surface area contributed by atoms with Gasteiger partial charge >= 0.3 is 0 Å². The second-order valence-corrected chi connectivity index (χ2v) is 11.0. The van der Waals surface area contributed by atoms with Crippen LogP contribution < -0.4 is 0 Å². The van der Waals surface area contributed by atoms with E-state index in [1.807, 2.05) is 42.5 Å². The first-order valence-electron chi connectivity index (χ1n) is 11.9. The molecule has 35 heavy (non-hydrogen) atoms. The smallest absolute Gasteiger partial charge is 0.193 e. The Balaban J connectivity index is 1.46. The second-order valence-electron chi connectivity index (χ2n) is 8.74. The molecular formula is C33H28OS. The first-order valence-corrected chi connectivity index (χ1v) is 13.2. The lowest BCUT2D eigenvalue weighted by Crippen LogP contribution is -2.00. The molecule has 2 heteroatoms. The average molecular weight is 473 g/mol. The zero-order chi connectivity index (χ0) is 24.0. The summed E-state index contributed by atoms with van der Waals surface area (Å²) < 4.78 is 0. The van der Waals surface area contributed by atoms with Crippen LogP contribution in [0.15, 0.2) is 148 Å². The lowest BCUT2D eigenvalue weighted by atomic mass is 10.0. The number of hydrogen-bond donors (Lipinski definition) is 1. The Hall–Kier alpha value is -3.88. The fraction of sp³-hybridized carbons (Fsp3) is 0.0606. The van der Waals surface area contributed by atoms with Crippen LogP contribution in [0, 0.1) is 6.92 Å². The van der Waals surface area contributed by atoms with E-state index in [1.54, 1.807) is 0 Å². The van der Waals surface area contributed by atoms with Gasteiger partial charge in [-0.2, -0.15) is 10.9 Å². The monoisotopic (exact) mass is 472 g/mol. The van der Waals surface area contributed by atoms with Crippen molar-refractivity contribution in [2.45, 2.75) is 28.0 Å². The number of carbonyl (C=O) groups is 1. The van der Waals surface area contributed by atoms with Crippen molar-refractivity contribution in [1.82, 2.24) is 0 Å². The van der Waals surface area contributed by atoms with Gasteiger partial charge in [-0.05, 0) is 87.7 Å². The minimum atomic E-state index is -0.727. The van der Waals surface area contributed by atoms with Crippen molar-refractivity contribution in [3.63, 3.8) is 0 Å². The van der Waals surface area contributed by atoms with Gasteiger partial charge in [0.1, 0.15) is 0 Å².